The van der Waals surface area contributed by atoms with Crippen LogP contribution in [0, 0.1) is 6.92 Å². The first-order valence-electron chi connectivity index (χ1n) is 7.76. The monoisotopic (exact) mass is 343 g/mol. The normalized spacial score (nSPS) is 11.8. The minimum Gasteiger partial charge on any atom is -0.390 e. The highest BCUT2D eigenvalue weighted by atomic mass is 35.5. The number of pyridine rings is 1. The summed E-state index contributed by atoms with van der Waals surface area (Å²) in [6.45, 7) is 2.72. The topological polar surface area (TPSA) is 71.2 Å². The first-order chi connectivity index (χ1) is 11.2. The zero-order valence-electron chi connectivity index (χ0n) is 13.6. The van der Waals surface area contributed by atoms with Gasteiger partial charge in [0.2, 0.25) is 0 Å². The molecule has 1 atom stereocenters. The quantitative estimate of drug-likeness (QED) is 0.664. The van der Waals surface area contributed by atoms with Crippen molar-refractivity contribution >= 4 is 29.0 Å². The molecule has 1 heterocycles. The molecule has 3 rings (SSSR count). The maximum absolute atomic E-state index is 9.71. The molecule has 0 saturated carbocycles. The minimum atomic E-state index is -0.565. The van der Waals surface area contributed by atoms with E-state index in [1.807, 2.05) is 30.3 Å². The fourth-order valence-electron chi connectivity index (χ4n) is 2.50. The van der Waals surface area contributed by atoms with Gasteiger partial charge in [-0.05, 0) is 19.1 Å². The van der Waals surface area contributed by atoms with Crippen LogP contribution in [0.2, 0.25) is 0 Å². The van der Waals surface area contributed by atoms with Crippen molar-refractivity contribution in [1.29, 1.82) is 0 Å². The van der Waals surface area contributed by atoms with Gasteiger partial charge in [0.05, 0.1) is 17.3 Å². The number of aryl methyl sites for hydroxylation is 1. The lowest BCUT2D eigenvalue weighted by molar-refractivity contribution is 0.196. The average molecular weight is 344 g/mol. The van der Waals surface area contributed by atoms with E-state index in [1.165, 1.54) is 5.56 Å². The van der Waals surface area contributed by atoms with Crippen molar-refractivity contribution in [3.8, 4) is 11.3 Å². The first kappa shape index (κ1) is 18.2. The van der Waals surface area contributed by atoms with Crippen LogP contribution in [0.3, 0.4) is 0 Å². The molecule has 0 aliphatic carbocycles. The van der Waals surface area contributed by atoms with Crippen molar-refractivity contribution in [2.45, 2.75) is 13.0 Å². The molecule has 0 aliphatic heterocycles. The molecule has 2 aromatic carbocycles. The summed E-state index contributed by atoms with van der Waals surface area (Å²) in [5, 5.41) is 14.0. The molecule has 0 radical (unpaired) electrons. The fraction of sp³-hybridized carbons (Fsp3) is 0.211. The molecule has 0 fully saturated rings. The smallest absolute Gasteiger partial charge is 0.0834 e. The number of aliphatic hydroxyl groups excluding tert-OH is 1. The Labute approximate surface area is 148 Å². The van der Waals surface area contributed by atoms with E-state index < -0.39 is 6.10 Å². The molecule has 1 aromatic heterocycles. The second kappa shape index (κ2) is 8.11. The minimum absolute atomic E-state index is 0. The molecule has 0 spiro atoms. The van der Waals surface area contributed by atoms with Gasteiger partial charge in [-0.15, -0.1) is 12.4 Å². The third-order valence-corrected chi connectivity index (χ3v) is 3.86. The summed E-state index contributed by atoms with van der Waals surface area (Å²) in [6.07, 6.45) is -0.565. The zero-order chi connectivity index (χ0) is 16.2. The Morgan fingerprint density at radius 3 is 2.54 bits per heavy atom. The molecule has 0 bridgehead atoms. The fourth-order valence-corrected chi connectivity index (χ4v) is 2.50. The highest BCUT2D eigenvalue weighted by Gasteiger charge is 2.08. The number of nitrogens with two attached hydrogens (primary N) is 1. The van der Waals surface area contributed by atoms with Gasteiger partial charge in [-0.1, -0.05) is 48.0 Å². The molecule has 0 aliphatic rings. The second-order valence-electron chi connectivity index (χ2n) is 5.71. The van der Waals surface area contributed by atoms with E-state index >= 15 is 0 Å². The van der Waals surface area contributed by atoms with Crippen LogP contribution in [0.15, 0.2) is 54.6 Å². The van der Waals surface area contributed by atoms with Gasteiger partial charge in [0.15, 0.2) is 0 Å². The summed E-state index contributed by atoms with van der Waals surface area (Å²) in [6, 6.07) is 18.3. The number of halogens is 1. The van der Waals surface area contributed by atoms with Crippen molar-refractivity contribution in [3.63, 3.8) is 0 Å². The van der Waals surface area contributed by atoms with Gasteiger partial charge >= 0.3 is 0 Å². The van der Waals surface area contributed by atoms with Crippen molar-refractivity contribution < 1.29 is 5.11 Å². The average Bonchev–Trinajstić information content (AvgIpc) is 2.59. The van der Waals surface area contributed by atoms with Crippen LogP contribution >= 0.6 is 12.4 Å². The summed E-state index contributed by atoms with van der Waals surface area (Å²) in [4.78, 5) is 4.76. The third kappa shape index (κ3) is 4.03. The van der Waals surface area contributed by atoms with E-state index in [0.29, 0.717) is 6.54 Å². The van der Waals surface area contributed by atoms with Gasteiger partial charge in [0, 0.05) is 29.7 Å². The third-order valence-electron chi connectivity index (χ3n) is 3.86. The Morgan fingerprint density at radius 2 is 1.83 bits per heavy atom. The molecule has 4 N–H and O–H groups in total. The summed E-state index contributed by atoms with van der Waals surface area (Å²) < 4.78 is 0. The van der Waals surface area contributed by atoms with Gasteiger partial charge in [0.1, 0.15) is 0 Å². The molecular weight excluding hydrogens is 322 g/mol. The molecule has 1 unspecified atom stereocenters. The molecular formula is C19H22ClN3O. The van der Waals surface area contributed by atoms with Gasteiger partial charge in [-0.2, -0.15) is 0 Å². The highest BCUT2D eigenvalue weighted by Crippen LogP contribution is 2.28. The number of aromatic nitrogens is 1. The van der Waals surface area contributed by atoms with Crippen LogP contribution in [0.4, 0.5) is 5.69 Å². The molecule has 5 heteroatoms. The standard InChI is InChI=1S/C19H21N3O.ClH/c1-13-6-8-14(9-7-13)18-10-19(21-12-15(23)11-20)16-4-2-3-5-17(16)22-18;/h2-10,15,23H,11-12,20H2,1H3,(H,21,22);1H. The Bertz CT molecular complexity index is 805. The molecule has 24 heavy (non-hydrogen) atoms. The number of aliphatic hydroxyl groups is 1. The SMILES string of the molecule is Cc1ccc(-c2cc(NCC(O)CN)c3ccccc3n2)cc1.Cl. The Kier molecular flexibility index (Phi) is 6.15. The Balaban J connectivity index is 0.00000208. The number of hydrogen-bond acceptors (Lipinski definition) is 4. The largest absolute Gasteiger partial charge is 0.390 e. The van der Waals surface area contributed by atoms with Gasteiger partial charge in [-0.25, -0.2) is 4.98 Å². The summed E-state index contributed by atoms with van der Waals surface area (Å²) in [5.74, 6) is 0. The molecule has 4 nitrogen and oxygen atoms in total. The van der Waals surface area contributed by atoms with Crippen molar-refractivity contribution in [2.24, 2.45) is 5.73 Å². The first-order valence-corrected chi connectivity index (χ1v) is 7.76. The van der Waals surface area contributed by atoms with Crippen molar-refractivity contribution in [2.75, 3.05) is 18.4 Å². The van der Waals surface area contributed by atoms with E-state index in [-0.39, 0.29) is 19.0 Å². The predicted octanol–water partition coefficient (Wildman–Crippen LogP) is 3.36. The van der Waals surface area contributed by atoms with Crippen LogP contribution in [-0.4, -0.2) is 29.3 Å². The number of nitrogens with one attached hydrogen (secondary N) is 1. The summed E-state index contributed by atoms with van der Waals surface area (Å²) in [5.41, 5.74) is 10.6. The number of benzene rings is 2. The summed E-state index contributed by atoms with van der Waals surface area (Å²) >= 11 is 0. The lowest BCUT2D eigenvalue weighted by atomic mass is 10.1. The number of nitrogens with zero attached hydrogens (tertiary/aromatic N) is 1. The number of rotatable bonds is 5. The van der Waals surface area contributed by atoms with Gasteiger partial charge in [-0.3, -0.25) is 0 Å². The lowest BCUT2D eigenvalue weighted by Gasteiger charge is -2.14. The number of anilines is 1. The molecule has 0 saturated heterocycles. The molecule has 126 valence electrons. The highest BCUT2D eigenvalue weighted by molar-refractivity contribution is 5.93. The van der Waals surface area contributed by atoms with Crippen LogP contribution in [0.1, 0.15) is 5.56 Å². The van der Waals surface area contributed by atoms with E-state index in [9.17, 15) is 5.11 Å². The van der Waals surface area contributed by atoms with E-state index in [0.717, 1.165) is 27.8 Å². The van der Waals surface area contributed by atoms with Crippen LogP contribution in [0.5, 0.6) is 0 Å². The van der Waals surface area contributed by atoms with E-state index in [1.54, 1.807) is 0 Å². The zero-order valence-corrected chi connectivity index (χ0v) is 14.4. The Morgan fingerprint density at radius 1 is 1.12 bits per heavy atom. The van der Waals surface area contributed by atoms with Crippen LogP contribution in [-0.2, 0) is 0 Å². The van der Waals surface area contributed by atoms with E-state index in [4.69, 9.17) is 10.7 Å². The number of hydrogen-bond donors (Lipinski definition) is 3. The van der Waals surface area contributed by atoms with Crippen LogP contribution < -0.4 is 11.1 Å². The predicted molar refractivity (Wildman–Crippen MR) is 103 cm³/mol. The van der Waals surface area contributed by atoms with Gasteiger partial charge < -0.3 is 16.2 Å². The van der Waals surface area contributed by atoms with E-state index in [2.05, 4.69) is 36.5 Å². The maximum atomic E-state index is 9.71. The second-order valence-corrected chi connectivity index (χ2v) is 5.71. The van der Waals surface area contributed by atoms with Crippen molar-refractivity contribution in [3.05, 3.63) is 60.2 Å². The molecule has 3 aromatic rings. The number of fused-ring (bicyclic) bond motifs is 1. The lowest BCUT2D eigenvalue weighted by Crippen LogP contribution is -2.27. The number of para-hydroxylation sites is 1. The van der Waals surface area contributed by atoms with Crippen LogP contribution in [0.25, 0.3) is 22.2 Å². The van der Waals surface area contributed by atoms with Crippen molar-refractivity contribution in [1.82, 2.24) is 4.98 Å². The molecule has 0 amide bonds. The maximum Gasteiger partial charge on any atom is 0.0834 e. The Hall–Kier alpha value is -2.14. The van der Waals surface area contributed by atoms with Gasteiger partial charge in [0.25, 0.3) is 0 Å². The summed E-state index contributed by atoms with van der Waals surface area (Å²) in [7, 11) is 0.